The van der Waals surface area contributed by atoms with E-state index < -0.39 is 6.04 Å². The Hall–Kier alpha value is -2.17. The first kappa shape index (κ1) is 24.9. The van der Waals surface area contributed by atoms with Crippen molar-refractivity contribution in [3.05, 3.63) is 29.8 Å². The number of unbranched alkanes of at least 4 members (excludes halogenated alkanes) is 7. The third kappa shape index (κ3) is 10.8. The van der Waals surface area contributed by atoms with Crippen molar-refractivity contribution in [3.8, 4) is 0 Å². The molecule has 0 unspecified atom stereocenters. The van der Waals surface area contributed by atoms with Crippen LogP contribution < -0.4 is 5.32 Å². The molecule has 0 saturated heterocycles. The van der Waals surface area contributed by atoms with E-state index in [0.29, 0.717) is 12.2 Å². The molecule has 0 bridgehead atoms. The van der Waals surface area contributed by atoms with Gasteiger partial charge in [0.2, 0.25) is 0 Å². The number of benzene rings is 1. The van der Waals surface area contributed by atoms with Gasteiger partial charge in [0.25, 0.3) is 5.91 Å². The van der Waals surface area contributed by atoms with Crippen molar-refractivity contribution < 1.29 is 14.3 Å². The molecule has 162 valence electrons. The first-order valence-corrected chi connectivity index (χ1v) is 11.1. The molecule has 0 fully saturated rings. The van der Waals surface area contributed by atoms with E-state index in [0.717, 1.165) is 30.7 Å². The number of aliphatic imine (C=N–C) groups is 1. The average molecular weight is 403 g/mol. The van der Waals surface area contributed by atoms with Gasteiger partial charge in [-0.25, -0.2) is 4.79 Å². The summed E-state index contributed by atoms with van der Waals surface area (Å²) in [5, 5.41) is 2.70. The molecule has 0 aliphatic rings. The van der Waals surface area contributed by atoms with Crippen LogP contribution in [0.3, 0.4) is 0 Å². The van der Waals surface area contributed by atoms with E-state index in [1.807, 2.05) is 6.92 Å². The first-order valence-electron chi connectivity index (χ1n) is 11.1. The van der Waals surface area contributed by atoms with Crippen LogP contribution in [-0.2, 0) is 9.53 Å². The van der Waals surface area contributed by atoms with Gasteiger partial charge >= 0.3 is 5.97 Å². The van der Waals surface area contributed by atoms with E-state index in [-0.39, 0.29) is 11.9 Å². The number of ether oxygens (including phenoxy) is 1. The van der Waals surface area contributed by atoms with Crippen LogP contribution in [0.1, 0.15) is 95.8 Å². The minimum atomic E-state index is -0.670. The molecular formula is C24H38N2O3. The third-order valence-electron chi connectivity index (χ3n) is 4.90. The predicted octanol–water partition coefficient (Wildman–Crippen LogP) is 5.99. The van der Waals surface area contributed by atoms with Gasteiger partial charge in [-0.3, -0.25) is 9.79 Å². The molecule has 1 atom stereocenters. The SMILES string of the molecule is CCCCCCCCCCOC(=O)[C@H](C)NC(=O)c1ccc(N=C(C)CC)cc1. The molecule has 1 amide bonds. The maximum atomic E-state index is 12.3. The van der Waals surface area contributed by atoms with Gasteiger partial charge in [-0.1, -0.05) is 58.8 Å². The summed E-state index contributed by atoms with van der Waals surface area (Å²) >= 11 is 0. The molecular weight excluding hydrogens is 364 g/mol. The molecule has 1 N–H and O–H groups in total. The number of nitrogens with zero attached hydrogens (tertiary/aromatic N) is 1. The summed E-state index contributed by atoms with van der Waals surface area (Å²) in [6, 6.07) is 6.38. The summed E-state index contributed by atoms with van der Waals surface area (Å²) in [4.78, 5) is 28.8. The standard InChI is InChI=1S/C24H38N2O3/c1-5-7-8-9-10-11-12-13-18-29-24(28)20(4)26-23(27)21-14-16-22(17-15-21)25-19(3)6-2/h14-17,20H,5-13,18H2,1-4H3,(H,26,27)/t20-/m0/s1. The van der Waals surface area contributed by atoms with E-state index in [2.05, 4.69) is 24.2 Å². The second-order valence-electron chi connectivity index (χ2n) is 7.59. The molecule has 0 aliphatic carbocycles. The lowest BCUT2D eigenvalue weighted by atomic mass is 10.1. The third-order valence-corrected chi connectivity index (χ3v) is 4.90. The van der Waals surface area contributed by atoms with E-state index in [4.69, 9.17) is 4.74 Å². The highest BCUT2D eigenvalue weighted by molar-refractivity contribution is 5.97. The number of carbonyl (C=O) groups excluding carboxylic acids is 2. The first-order chi connectivity index (χ1) is 14.0. The Labute approximate surface area is 176 Å². The summed E-state index contributed by atoms with van der Waals surface area (Å²) in [6.07, 6.45) is 10.5. The fraction of sp³-hybridized carbons (Fsp3) is 0.625. The molecule has 0 aromatic heterocycles. The van der Waals surface area contributed by atoms with Crippen LogP contribution in [0.4, 0.5) is 5.69 Å². The maximum Gasteiger partial charge on any atom is 0.328 e. The molecule has 29 heavy (non-hydrogen) atoms. The minimum absolute atomic E-state index is 0.288. The number of rotatable bonds is 14. The summed E-state index contributed by atoms with van der Waals surface area (Å²) in [5.41, 5.74) is 2.36. The van der Waals surface area contributed by atoms with Crippen LogP contribution in [0.5, 0.6) is 0 Å². The van der Waals surface area contributed by atoms with Crippen LogP contribution in [-0.4, -0.2) is 30.2 Å². The number of esters is 1. The van der Waals surface area contributed by atoms with Gasteiger partial charge in [-0.2, -0.15) is 0 Å². The highest BCUT2D eigenvalue weighted by atomic mass is 16.5. The van der Waals surface area contributed by atoms with Crippen LogP contribution in [0, 0.1) is 0 Å². The van der Waals surface area contributed by atoms with Gasteiger partial charge in [0, 0.05) is 11.3 Å². The molecule has 0 heterocycles. The largest absolute Gasteiger partial charge is 0.464 e. The molecule has 0 saturated carbocycles. The number of hydrogen-bond donors (Lipinski definition) is 1. The van der Waals surface area contributed by atoms with Gasteiger partial charge in [0.05, 0.1) is 12.3 Å². The smallest absolute Gasteiger partial charge is 0.328 e. The van der Waals surface area contributed by atoms with Crippen molar-refractivity contribution >= 4 is 23.3 Å². The highest BCUT2D eigenvalue weighted by Gasteiger charge is 2.17. The summed E-state index contributed by atoms with van der Waals surface area (Å²) < 4.78 is 5.29. The number of amides is 1. The molecule has 0 radical (unpaired) electrons. The summed E-state index contributed by atoms with van der Waals surface area (Å²) in [6.45, 7) is 8.31. The van der Waals surface area contributed by atoms with Crippen molar-refractivity contribution in [2.75, 3.05) is 6.61 Å². The Morgan fingerprint density at radius 2 is 1.55 bits per heavy atom. The van der Waals surface area contributed by atoms with Crippen LogP contribution in [0.15, 0.2) is 29.3 Å². The van der Waals surface area contributed by atoms with Crippen LogP contribution >= 0.6 is 0 Å². The predicted molar refractivity (Wildman–Crippen MR) is 120 cm³/mol. The minimum Gasteiger partial charge on any atom is -0.464 e. The second-order valence-corrected chi connectivity index (χ2v) is 7.59. The van der Waals surface area contributed by atoms with Crippen molar-refractivity contribution in [2.24, 2.45) is 4.99 Å². The molecule has 0 spiro atoms. The van der Waals surface area contributed by atoms with Crippen molar-refractivity contribution in [2.45, 2.75) is 91.5 Å². The zero-order chi connectivity index (χ0) is 21.5. The Morgan fingerprint density at radius 1 is 0.966 bits per heavy atom. The average Bonchev–Trinajstić information content (AvgIpc) is 2.72. The molecule has 5 heteroatoms. The lowest BCUT2D eigenvalue weighted by molar-refractivity contribution is -0.145. The lowest BCUT2D eigenvalue weighted by Gasteiger charge is -2.13. The van der Waals surface area contributed by atoms with E-state index in [1.54, 1.807) is 31.2 Å². The number of nitrogens with one attached hydrogen (secondary N) is 1. The van der Waals surface area contributed by atoms with Gasteiger partial charge in [-0.05, 0) is 51.0 Å². The summed E-state index contributed by atoms with van der Waals surface area (Å²) in [7, 11) is 0. The molecule has 0 aliphatic heterocycles. The topological polar surface area (TPSA) is 67.8 Å². The van der Waals surface area contributed by atoms with Gasteiger partial charge in [0.1, 0.15) is 6.04 Å². The van der Waals surface area contributed by atoms with Gasteiger partial charge in [0.15, 0.2) is 0 Å². The van der Waals surface area contributed by atoms with Gasteiger partial charge in [-0.15, -0.1) is 0 Å². The Bertz CT molecular complexity index is 638. The highest BCUT2D eigenvalue weighted by Crippen LogP contribution is 2.14. The molecule has 5 nitrogen and oxygen atoms in total. The van der Waals surface area contributed by atoms with Gasteiger partial charge < -0.3 is 10.1 Å². The second kappa shape index (κ2) is 14.8. The lowest BCUT2D eigenvalue weighted by Crippen LogP contribution is -2.39. The maximum absolute atomic E-state index is 12.3. The Balaban J connectivity index is 2.27. The van der Waals surface area contributed by atoms with Crippen molar-refractivity contribution in [1.29, 1.82) is 0 Å². The zero-order valence-corrected chi connectivity index (χ0v) is 18.6. The number of carbonyl (C=O) groups is 2. The monoisotopic (exact) mass is 402 g/mol. The molecule has 1 aromatic rings. The normalized spacial score (nSPS) is 12.5. The fourth-order valence-electron chi connectivity index (χ4n) is 2.86. The van der Waals surface area contributed by atoms with Crippen LogP contribution in [0.25, 0.3) is 0 Å². The number of hydrogen-bond acceptors (Lipinski definition) is 4. The van der Waals surface area contributed by atoms with Crippen molar-refractivity contribution in [1.82, 2.24) is 5.32 Å². The van der Waals surface area contributed by atoms with Crippen LogP contribution in [0.2, 0.25) is 0 Å². The summed E-state index contributed by atoms with van der Waals surface area (Å²) in [5.74, 6) is -0.676. The van der Waals surface area contributed by atoms with E-state index in [1.165, 1.54) is 38.5 Å². The molecule has 1 aromatic carbocycles. The zero-order valence-electron chi connectivity index (χ0n) is 18.6. The Morgan fingerprint density at radius 3 is 2.14 bits per heavy atom. The Kier molecular flexibility index (Phi) is 12.7. The van der Waals surface area contributed by atoms with E-state index in [9.17, 15) is 9.59 Å². The van der Waals surface area contributed by atoms with E-state index >= 15 is 0 Å². The fourth-order valence-corrected chi connectivity index (χ4v) is 2.86. The van der Waals surface area contributed by atoms with Crippen molar-refractivity contribution in [3.63, 3.8) is 0 Å². The quantitative estimate of drug-likeness (QED) is 0.236. The molecule has 1 rings (SSSR count).